The summed E-state index contributed by atoms with van der Waals surface area (Å²) in [5, 5.41) is 3.46. The SMILES string of the molecule is CN=C(NCCc1cccnc1)N1CCN(c2ccccn2)CC1. The molecule has 126 valence electrons. The van der Waals surface area contributed by atoms with Gasteiger partial charge in [0.15, 0.2) is 5.96 Å². The third-order valence-electron chi connectivity index (χ3n) is 4.18. The fraction of sp³-hybridized carbons (Fsp3) is 0.389. The number of nitrogens with one attached hydrogen (secondary N) is 1. The number of pyridine rings is 2. The van der Waals surface area contributed by atoms with Gasteiger partial charge in [-0.2, -0.15) is 0 Å². The van der Waals surface area contributed by atoms with Crippen LogP contribution < -0.4 is 10.2 Å². The van der Waals surface area contributed by atoms with Crippen LogP contribution in [0.3, 0.4) is 0 Å². The van der Waals surface area contributed by atoms with Gasteiger partial charge in [-0.3, -0.25) is 9.98 Å². The molecule has 1 fully saturated rings. The second-order valence-corrected chi connectivity index (χ2v) is 5.75. The van der Waals surface area contributed by atoms with Gasteiger partial charge in [0.25, 0.3) is 0 Å². The van der Waals surface area contributed by atoms with Crippen molar-refractivity contribution < 1.29 is 0 Å². The molecule has 0 aliphatic carbocycles. The monoisotopic (exact) mass is 324 g/mol. The molecule has 0 spiro atoms. The van der Waals surface area contributed by atoms with Crippen molar-refractivity contribution in [1.82, 2.24) is 20.2 Å². The van der Waals surface area contributed by atoms with Gasteiger partial charge in [0.05, 0.1) is 0 Å². The molecule has 24 heavy (non-hydrogen) atoms. The molecule has 0 unspecified atom stereocenters. The standard InChI is InChI=1S/C18H24N6/c1-19-18(22-10-7-16-5-4-8-20-15-16)24-13-11-23(12-14-24)17-6-2-3-9-21-17/h2-6,8-9,15H,7,10-14H2,1H3,(H,19,22). The highest BCUT2D eigenvalue weighted by Crippen LogP contribution is 2.12. The lowest BCUT2D eigenvalue weighted by Gasteiger charge is -2.37. The van der Waals surface area contributed by atoms with Crippen LogP contribution in [0.4, 0.5) is 5.82 Å². The number of rotatable bonds is 4. The normalized spacial score (nSPS) is 15.5. The van der Waals surface area contributed by atoms with E-state index < -0.39 is 0 Å². The van der Waals surface area contributed by atoms with Crippen LogP contribution in [0, 0.1) is 0 Å². The maximum Gasteiger partial charge on any atom is 0.193 e. The minimum absolute atomic E-state index is 0.860. The molecule has 0 bridgehead atoms. The minimum atomic E-state index is 0.860. The van der Waals surface area contributed by atoms with Gasteiger partial charge in [0.2, 0.25) is 0 Å². The molecule has 2 aromatic heterocycles. The Morgan fingerprint density at radius 1 is 1.12 bits per heavy atom. The molecule has 1 aliphatic heterocycles. The van der Waals surface area contributed by atoms with Gasteiger partial charge in [0, 0.05) is 58.4 Å². The molecule has 6 heteroatoms. The molecule has 1 saturated heterocycles. The number of piperazine rings is 1. The van der Waals surface area contributed by atoms with E-state index in [1.165, 1.54) is 5.56 Å². The van der Waals surface area contributed by atoms with Gasteiger partial charge in [-0.05, 0) is 30.2 Å². The molecular formula is C18H24N6. The molecule has 1 N–H and O–H groups in total. The second kappa shape index (κ2) is 8.29. The van der Waals surface area contributed by atoms with E-state index in [-0.39, 0.29) is 0 Å². The molecule has 2 aromatic rings. The molecule has 6 nitrogen and oxygen atoms in total. The zero-order valence-corrected chi connectivity index (χ0v) is 14.1. The van der Waals surface area contributed by atoms with Crippen LogP contribution >= 0.6 is 0 Å². The Labute approximate surface area is 143 Å². The van der Waals surface area contributed by atoms with Crippen molar-refractivity contribution in [3.63, 3.8) is 0 Å². The maximum atomic E-state index is 4.43. The lowest BCUT2D eigenvalue weighted by atomic mass is 10.2. The van der Waals surface area contributed by atoms with E-state index in [9.17, 15) is 0 Å². The summed E-state index contributed by atoms with van der Waals surface area (Å²) in [5.74, 6) is 2.02. The lowest BCUT2D eigenvalue weighted by Crippen LogP contribution is -2.53. The Bertz CT molecular complexity index is 635. The molecule has 3 rings (SSSR count). The topological polar surface area (TPSA) is 56.7 Å². The highest BCUT2D eigenvalue weighted by Gasteiger charge is 2.20. The molecule has 0 atom stereocenters. The van der Waals surface area contributed by atoms with Gasteiger partial charge < -0.3 is 15.1 Å². The quantitative estimate of drug-likeness (QED) is 0.681. The molecule has 1 aliphatic rings. The van der Waals surface area contributed by atoms with Gasteiger partial charge in [-0.15, -0.1) is 0 Å². The largest absolute Gasteiger partial charge is 0.356 e. The van der Waals surface area contributed by atoms with Crippen molar-refractivity contribution in [3.05, 3.63) is 54.5 Å². The second-order valence-electron chi connectivity index (χ2n) is 5.75. The fourth-order valence-corrected chi connectivity index (χ4v) is 2.89. The summed E-state index contributed by atoms with van der Waals surface area (Å²) in [5.41, 5.74) is 1.24. The third kappa shape index (κ3) is 4.22. The maximum absolute atomic E-state index is 4.43. The Morgan fingerprint density at radius 2 is 2.00 bits per heavy atom. The predicted molar refractivity (Wildman–Crippen MR) is 97.3 cm³/mol. The Morgan fingerprint density at radius 3 is 2.67 bits per heavy atom. The van der Waals surface area contributed by atoms with Crippen molar-refractivity contribution in [3.8, 4) is 0 Å². The molecule has 3 heterocycles. The van der Waals surface area contributed by atoms with Crippen molar-refractivity contribution in [2.75, 3.05) is 44.7 Å². The average molecular weight is 324 g/mol. The summed E-state index contributed by atoms with van der Waals surface area (Å²) < 4.78 is 0. The third-order valence-corrected chi connectivity index (χ3v) is 4.18. The first-order valence-electron chi connectivity index (χ1n) is 8.37. The van der Waals surface area contributed by atoms with E-state index in [1.807, 2.05) is 37.6 Å². The van der Waals surface area contributed by atoms with Crippen LogP contribution in [0.15, 0.2) is 53.9 Å². The van der Waals surface area contributed by atoms with Crippen LogP contribution in [0.2, 0.25) is 0 Å². The highest BCUT2D eigenvalue weighted by molar-refractivity contribution is 5.80. The molecule has 0 saturated carbocycles. The van der Waals surface area contributed by atoms with E-state index in [2.05, 4.69) is 42.2 Å². The highest BCUT2D eigenvalue weighted by atomic mass is 15.4. The van der Waals surface area contributed by atoms with Gasteiger partial charge in [0.1, 0.15) is 5.82 Å². The fourth-order valence-electron chi connectivity index (χ4n) is 2.89. The number of nitrogens with zero attached hydrogens (tertiary/aromatic N) is 5. The number of hydrogen-bond donors (Lipinski definition) is 1. The minimum Gasteiger partial charge on any atom is -0.356 e. The molecule has 0 aromatic carbocycles. The van der Waals surface area contributed by atoms with E-state index in [1.54, 1.807) is 6.20 Å². The Balaban J connectivity index is 1.47. The van der Waals surface area contributed by atoms with Gasteiger partial charge >= 0.3 is 0 Å². The molecule has 0 radical (unpaired) electrons. The van der Waals surface area contributed by atoms with E-state index >= 15 is 0 Å². The van der Waals surface area contributed by atoms with Crippen LogP contribution in [0.1, 0.15) is 5.56 Å². The van der Waals surface area contributed by atoms with Crippen molar-refractivity contribution in [2.24, 2.45) is 4.99 Å². The van der Waals surface area contributed by atoms with Crippen LogP contribution in [0.5, 0.6) is 0 Å². The summed E-state index contributed by atoms with van der Waals surface area (Å²) in [6, 6.07) is 10.1. The lowest BCUT2D eigenvalue weighted by molar-refractivity contribution is 0.372. The van der Waals surface area contributed by atoms with E-state index in [0.717, 1.165) is 50.9 Å². The molecular weight excluding hydrogens is 300 g/mol. The van der Waals surface area contributed by atoms with Crippen LogP contribution in [-0.4, -0.2) is 60.6 Å². The number of aliphatic imine (C=N–C) groups is 1. The predicted octanol–water partition coefficient (Wildman–Crippen LogP) is 1.42. The van der Waals surface area contributed by atoms with Crippen molar-refractivity contribution in [2.45, 2.75) is 6.42 Å². The van der Waals surface area contributed by atoms with Crippen LogP contribution in [-0.2, 0) is 6.42 Å². The summed E-state index contributed by atoms with van der Waals surface area (Å²) >= 11 is 0. The zero-order chi connectivity index (χ0) is 16.6. The van der Waals surface area contributed by atoms with Gasteiger partial charge in [-0.1, -0.05) is 12.1 Å². The smallest absolute Gasteiger partial charge is 0.193 e. The Kier molecular flexibility index (Phi) is 5.61. The number of anilines is 1. The first-order chi connectivity index (χ1) is 11.9. The number of guanidine groups is 1. The number of hydrogen-bond acceptors (Lipinski definition) is 4. The summed E-state index contributed by atoms with van der Waals surface area (Å²) in [4.78, 5) is 17.6. The Hall–Kier alpha value is -2.63. The number of aromatic nitrogens is 2. The van der Waals surface area contributed by atoms with Crippen LogP contribution in [0.25, 0.3) is 0 Å². The summed E-state index contributed by atoms with van der Waals surface area (Å²) in [6.45, 7) is 4.67. The van der Waals surface area contributed by atoms with E-state index in [4.69, 9.17) is 0 Å². The average Bonchev–Trinajstić information content (AvgIpc) is 2.67. The first kappa shape index (κ1) is 16.2. The first-order valence-corrected chi connectivity index (χ1v) is 8.37. The summed E-state index contributed by atoms with van der Waals surface area (Å²) in [7, 11) is 1.84. The van der Waals surface area contributed by atoms with Gasteiger partial charge in [-0.25, -0.2) is 4.98 Å². The zero-order valence-electron chi connectivity index (χ0n) is 14.1. The van der Waals surface area contributed by atoms with Crippen molar-refractivity contribution >= 4 is 11.8 Å². The molecule has 0 amide bonds. The van der Waals surface area contributed by atoms with Crippen molar-refractivity contribution in [1.29, 1.82) is 0 Å². The van der Waals surface area contributed by atoms with E-state index in [0.29, 0.717) is 0 Å². The summed E-state index contributed by atoms with van der Waals surface area (Å²) in [6.07, 6.45) is 6.51.